The molecule has 0 unspecified atom stereocenters. The third kappa shape index (κ3) is 2.91. The number of nitrogens with zero attached hydrogens (tertiary/aromatic N) is 1. The topological polar surface area (TPSA) is 49.4 Å². The van der Waals surface area contributed by atoms with E-state index in [1.54, 1.807) is 17.0 Å². The molecular weight excluding hydrogens is 271 g/mol. The Morgan fingerprint density at radius 3 is 2.62 bits per heavy atom. The van der Waals surface area contributed by atoms with Crippen molar-refractivity contribution in [2.45, 2.75) is 25.7 Å². The van der Waals surface area contributed by atoms with Crippen molar-refractivity contribution in [1.82, 2.24) is 10.2 Å². The van der Waals surface area contributed by atoms with Crippen molar-refractivity contribution in [1.29, 1.82) is 0 Å². The highest BCUT2D eigenvalue weighted by Crippen LogP contribution is 2.37. The minimum Gasteiger partial charge on any atom is -0.356 e. The molecule has 0 aromatic heterocycles. The van der Waals surface area contributed by atoms with E-state index < -0.39 is 0 Å². The Morgan fingerprint density at radius 1 is 1.24 bits per heavy atom. The molecule has 1 aromatic rings. The molecule has 2 saturated heterocycles. The molecule has 4 nitrogen and oxygen atoms in total. The van der Waals surface area contributed by atoms with Gasteiger partial charge in [0.15, 0.2) is 0 Å². The van der Waals surface area contributed by atoms with Gasteiger partial charge in [-0.05, 0) is 42.9 Å². The number of hydrogen-bond acceptors (Lipinski definition) is 2. The Labute approximate surface area is 123 Å². The quantitative estimate of drug-likeness (QED) is 0.859. The molecule has 0 bridgehead atoms. The Hall–Kier alpha value is -1.91. The highest BCUT2D eigenvalue weighted by molar-refractivity contribution is 5.94. The fourth-order valence-corrected chi connectivity index (χ4v) is 3.26. The molecule has 2 aliphatic rings. The molecule has 2 fully saturated rings. The van der Waals surface area contributed by atoms with Gasteiger partial charge in [0.05, 0.1) is 0 Å². The van der Waals surface area contributed by atoms with Crippen LogP contribution in [0.15, 0.2) is 24.3 Å². The van der Waals surface area contributed by atoms with Crippen LogP contribution in [-0.2, 0) is 4.79 Å². The van der Waals surface area contributed by atoms with E-state index in [0.29, 0.717) is 31.6 Å². The van der Waals surface area contributed by atoms with E-state index in [4.69, 9.17) is 0 Å². The summed E-state index contributed by atoms with van der Waals surface area (Å²) in [4.78, 5) is 25.4. The molecule has 1 aromatic carbocycles. The van der Waals surface area contributed by atoms with Crippen molar-refractivity contribution in [3.05, 3.63) is 35.6 Å². The number of nitrogens with one attached hydrogen (secondary N) is 1. The summed E-state index contributed by atoms with van der Waals surface area (Å²) >= 11 is 0. The number of hydrogen-bond donors (Lipinski definition) is 1. The van der Waals surface area contributed by atoms with Gasteiger partial charge in [0.1, 0.15) is 5.82 Å². The van der Waals surface area contributed by atoms with E-state index in [0.717, 1.165) is 19.3 Å². The Bertz CT molecular complexity index is 553. The van der Waals surface area contributed by atoms with E-state index in [1.165, 1.54) is 12.1 Å². The molecule has 1 N–H and O–H groups in total. The number of halogens is 1. The van der Waals surface area contributed by atoms with E-state index in [9.17, 15) is 14.0 Å². The summed E-state index contributed by atoms with van der Waals surface area (Å²) in [6.07, 6.45) is 3.28. The first-order valence-corrected chi connectivity index (χ1v) is 7.40. The number of carbonyl (C=O) groups is 2. The summed E-state index contributed by atoms with van der Waals surface area (Å²) in [5.41, 5.74) is 0.551. The van der Waals surface area contributed by atoms with Crippen LogP contribution in [0.25, 0.3) is 0 Å². The summed E-state index contributed by atoms with van der Waals surface area (Å²) in [5, 5.41) is 2.93. The third-order valence-electron chi connectivity index (χ3n) is 4.73. The zero-order valence-corrected chi connectivity index (χ0v) is 11.9. The molecule has 2 aliphatic heterocycles. The lowest BCUT2D eigenvalue weighted by molar-refractivity contribution is -0.125. The highest BCUT2D eigenvalue weighted by atomic mass is 19.1. The molecule has 0 saturated carbocycles. The van der Waals surface area contributed by atoms with Gasteiger partial charge >= 0.3 is 0 Å². The summed E-state index contributed by atoms with van der Waals surface area (Å²) in [6, 6.07) is 5.83. The monoisotopic (exact) mass is 290 g/mol. The van der Waals surface area contributed by atoms with Crippen LogP contribution >= 0.6 is 0 Å². The van der Waals surface area contributed by atoms with Gasteiger partial charge in [-0.3, -0.25) is 9.59 Å². The number of carbonyl (C=O) groups excluding carboxylic acids is 2. The van der Waals surface area contributed by atoms with Gasteiger partial charge in [0.25, 0.3) is 5.91 Å². The van der Waals surface area contributed by atoms with E-state index in [1.807, 2.05) is 0 Å². The maximum Gasteiger partial charge on any atom is 0.253 e. The van der Waals surface area contributed by atoms with Gasteiger partial charge in [0.2, 0.25) is 5.91 Å². The second-order valence-corrected chi connectivity index (χ2v) is 6.08. The Balaban J connectivity index is 1.63. The van der Waals surface area contributed by atoms with Crippen LogP contribution in [0.2, 0.25) is 0 Å². The average molecular weight is 290 g/mol. The van der Waals surface area contributed by atoms with Crippen molar-refractivity contribution in [3.63, 3.8) is 0 Å². The fourth-order valence-electron chi connectivity index (χ4n) is 3.26. The number of piperidine rings is 2. The minimum atomic E-state index is -0.385. The smallest absolute Gasteiger partial charge is 0.253 e. The molecule has 3 rings (SSSR count). The SMILES string of the molecule is O=C1CCC2(CCN(C(=O)c3cccc(F)c3)CC2)CN1. The first-order chi connectivity index (χ1) is 10.1. The lowest BCUT2D eigenvalue weighted by Gasteiger charge is -2.44. The number of rotatable bonds is 1. The number of benzene rings is 1. The van der Waals surface area contributed by atoms with Crippen molar-refractivity contribution >= 4 is 11.8 Å². The van der Waals surface area contributed by atoms with Crippen LogP contribution in [0.3, 0.4) is 0 Å². The van der Waals surface area contributed by atoms with Crippen LogP contribution < -0.4 is 5.32 Å². The third-order valence-corrected chi connectivity index (χ3v) is 4.73. The van der Waals surface area contributed by atoms with Gasteiger partial charge < -0.3 is 10.2 Å². The predicted molar refractivity (Wildman–Crippen MR) is 76.2 cm³/mol. The molecule has 5 heteroatoms. The van der Waals surface area contributed by atoms with E-state index in [2.05, 4.69) is 5.32 Å². The zero-order chi connectivity index (χ0) is 14.9. The second kappa shape index (κ2) is 5.47. The lowest BCUT2D eigenvalue weighted by atomic mass is 9.73. The standard InChI is InChI=1S/C16H19FN2O2/c17-13-3-1-2-12(10-13)15(21)19-8-6-16(7-9-19)5-4-14(20)18-11-16/h1-3,10H,4-9,11H2,(H,18,20). The highest BCUT2D eigenvalue weighted by Gasteiger charge is 2.38. The summed E-state index contributed by atoms with van der Waals surface area (Å²) < 4.78 is 13.2. The number of likely N-dealkylation sites (tertiary alicyclic amines) is 1. The fraction of sp³-hybridized carbons (Fsp3) is 0.500. The summed E-state index contributed by atoms with van der Waals surface area (Å²) in [7, 11) is 0. The van der Waals surface area contributed by atoms with Crippen LogP contribution in [0.5, 0.6) is 0 Å². The Morgan fingerprint density at radius 2 is 2.00 bits per heavy atom. The van der Waals surface area contributed by atoms with Crippen molar-refractivity contribution in [2.24, 2.45) is 5.41 Å². The maximum atomic E-state index is 13.2. The van der Waals surface area contributed by atoms with Gasteiger partial charge in [-0.2, -0.15) is 0 Å². The summed E-state index contributed by atoms with van der Waals surface area (Å²) in [5.74, 6) is -0.368. The van der Waals surface area contributed by atoms with Crippen LogP contribution in [0.1, 0.15) is 36.0 Å². The van der Waals surface area contributed by atoms with Crippen molar-refractivity contribution in [3.8, 4) is 0 Å². The van der Waals surface area contributed by atoms with Crippen LogP contribution in [0, 0.1) is 11.2 Å². The maximum absolute atomic E-state index is 13.2. The van der Waals surface area contributed by atoms with Crippen LogP contribution in [0.4, 0.5) is 4.39 Å². The average Bonchev–Trinajstić information content (AvgIpc) is 2.51. The first kappa shape index (κ1) is 14.0. The largest absolute Gasteiger partial charge is 0.356 e. The van der Waals surface area contributed by atoms with E-state index >= 15 is 0 Å². The van der Waals surface area contributed by atoms with E-state index in [-0.39, 0.29) is 23.0 Å². The van der Waals surface area contributed by atoms with Gasteiger partial charge in [-0.1, -0.05) is 6.07 Å². The second-order valence-electron chi connectivity index (χ2n) is 6.08. The molecule has 2 amide bonds. The zero-order valence-electron chi connectivity index (χ0n) is 11.9. The predicted octanol–water partition coefficient (Wildman–Crippen LogP) is 1.96. The molecular formula is C16H19FN2O2. The molecule has 0 atom stereocenters. The van der Waals surface area contributed by atoms with Crippen LogP contribution in [-0.4, -0.2) is 36.3 Å². The Kier molecular flexibility index (Phi) is 3.66. The normalized spacial score (nSPS) is 21.2. The van der Waals surface area contributed by atoms with Gasteiger partial charge in [0, 0.05) is 31.6 Å². The first-order valence-electron chi connectivity index (χ1n) is 7.40. The molecule has 2 heterocycles. The lowest BCUT2D eigenvalue weighted by Crippen LogP contribution is -2.50. The minimum absolute atomic E-state index is 0.107. The van der Waals surface area contributed by atoms with Crippen molar-refractivity contribution in [2.75, 3.05) is 19.6 Å². The van der Waals surface area contributed by atoms with Crippen molar-refractivity contribution < 1.29 is 14.0 Å². The molecule has 112 valence electrons. The van der Waals surface area contributed by atoms with Gasteiger partial charge in [-0.15, -0.1) is 0 Å². The molecule has 21 heavy (non-hydrogen) atoms. The number of amides is 2. The molecule has 1 spiro atoms. The molecule has 0 aliphatic carbocycles. The summed E-state index contributed by atoms with van der Waals surface area (Å²) in [6.45, 7) is 2.06. The van der Waals surface area contributed by atoms with Gasteiger partial charge in [-0.25, -0.2) is 4.39 Å². The molecule has 0 radical (unpaired) electrons.